The van der Waals surface area contributed by atoms with Gasteiger partial charge < -0.3 is 4.74 Å². The lowest BCUT2D eigenvalue weighted by Crippen LogP contribution is -2.44. The first-order valence-corrected chi connectivity index (χ1v) is 5.23. The van der Waals surface area contributed by atoms with E-state index in [4.69, 9.17) is 9.53 Å². The van der Waals surface area contributed by atoms with Crippen molar-refractivity contribution in [3.05, 3.63) is 0 Å². The first-order valence-electron chi connectivity index (χ1n) is 4.79. The molecule has 1 spiro atoms. The summed E-state index contributed by atoms with van der Waals surface area (Å²) in [5, 5.41) is 0. The SMILES string of the molecule is COCC1CC2(CCC2)C1.O=CCl. The number of carbonyl (C=O) groups is 1. The maximum Gasteiger partial charge on any atom is 0.208 e. The average Bonchev–Trinajstić information content (AvgIpc) is 1.93. The largest absolute Gasteiger partial charge is 0.384 e. The van der Waals surface area contributed by atoms with Crippen molar-refractivity contribution in [1.82, 2.24) is 0 Å². The summed E-state index contributed by atoms with van der Waals surface area (Å²) in [6.45, 7) is 1.00. The first-order chi connectivity index (χ1) is 6.26. The fourth-order valence-electron chi connectivity index (χ4n) is 2.60. The Balaban J connectivity index is 0.000000251. The van der Waals surface area contributed by atoms with E-state index in [0.717, 1.165) is 17.9 Å². The Morgan fingerprint density at radius 3 is 2.38 bits per heavy atom. The molecule has 0 unspecified atom stereocenters. The Kier molecular flexibility index (Phi) is 4.20. The normalized spacial score (nSPS) is 23.8. The molecule has 0 bridgehead atoms. The molecule has 0 aromatic heterocycles. The number of ether oxygens (including phenoxy) is 1. The van der Waals surface area contributed by atoms with Gasteiger partial charge in [-0.05, 0) is 48.6 Å². The molecule has 13 heavy (non-hydrogen) atoms. The molecule has 2 aliphatic rings. The van der Waals surface area contributed by atoms with Crippen LogP contribution in [0.4, 0.5) is 0 Å². The van der Waals surface area contributed by atoms with Crippen LogP contribution in [0.15, 0.2) is 0 Å². The van der Waals surface area contributed by atoms with Crippen LogP contribution in [-0.2, 0) is 9.53 Å². The summed E-state index contributed by atoms with van der Waals surface area (Å²) < 4.78 is 5.11. The lowest BCUT2D eigenvalue weighted by Gasteiger charge is -2.54. The average molecular weight is 205 g/mol. The van der Waals surface area contributed by atoms with E-state index in [2.05, 4.69) is 11.6 Å². The van der Waals surface area contributed by atoms with Gasteiger partial charge in [0, 0.05) is 13.7 Å². The first kappa shape index (κ1) is 11.0. The van der Waals surface area contributed by atoms with Gasteiger partial charge in [0.2, 0.25) is 5.75 Å². The topological polar surface area (TPSA) is 26.3 Å². The Morgan fingerprint density at radius 1 is 1.54 bits per heavy atom. The zero-order chi connectivity index (χ0) is 9.73. The second-order valence-electron chi connectivity index (χ2n) is 4.17. The van der Waals surface area contributed by atoms with Crippen molar-refractivity contribution < 1.29 is 9.53 Å². The Morgan fingerprint density at radius 2 is 2.08 bits per heavy atom. The minimum absolute atomic E-state index is 0.222. The lowest BCUT2D eigenvalue weighted by molar-refractivity contribution is -0.0536. The highest BCUT2D eigenvalue weighted by molar-refractivity contribution is 6.54. The highest BCUT2D eigenvalue weighted by Crippen LogP contribution is 2.58. The molecular formula is C10H17ClO2. The van der Waals surface area contributed by atoms with Gasteiger partial charge in [0.05, 0.1) is 0 Å². The zero-order valence-corrected chi connectivity index (χ0v) is 8.85. The van der Waals surface area contributed by atoms with Gasteiger partial charge in [-0.1, -0.05) is 6.42 Å². The van der Waals surface area contributed by atoms with Crippen LogP contribution in [0, 0.1) is 11.3 Å². The molecule has 0 radical (unpaired) electrons. The lowest BCUT2D eigenvalue weighted by atomic mass is 9.52. The van der Waals surface area contributed by atoms with Crippen molar-refractivity contribution in [2.75, 3.05) is 13.7 Å². The maximum absolute atomic E-state index is 8.57. The van der Waals surface area contributed by atoms with Crippen molar-refractivity contribution in [1.29, 1.82) is 0 Å². The van der Waals surface area contributed by atoms with Gasteiger partial charge in [0.15, 0.2) is 0 Å². The third-order valence-electron chi connectivity index (χ3n) is 3.26. The fraction of sp³-hybridized carbons (Fsp3) is 0.900. The predicted octanol–water partition coefficient (Wildman–Crippen LogP) is 2.63. The van der Waals surface area contributed by atoms with Crippen molar-refractivity contribution in [2.45, 2.75) is 32.1 Å². The molecule has 0 N–H and O–H groups in total. The minimum Gasteiger partial charge on any atom is -0.384 e. The molecular weight excluding hydrogens is 188 g/mol. The predicted molar refractivity (Wildman–Crippen MR) is 53.5 cm³/mol. The second kappa shape index (κ2) is 4.97. The van der Waals surface area contributed by atoms with Gasteiger partial charge in [0.1, 0.15) is 0 Å². The van der Waals surface area contributed by atoms with E-state index in [-0.39, 0.29) is 5.75 Å². The Labute approximate surface area is 84.6 Å². The molecule has 2 rings (SSSR count). The van der Waals surface area contributed by atoms with Crippen LogP contribution in [-0.4, -0.2) is 19.5 Å². The van der Waals surface area contributed by atoms with Gasteiger partial charge in [-0.2, -0.15) is 0 Å². The zero-order valence-electron chi connectivity index (χ0n) is 8.09. The van der Waals surface area contributed by atoms with Crippen LogP contribution < -0.4 is 0 Å². The van der Waals surface area contributed by atoms with Gasteiger partial charge in [-0.15, -0.1) is 0 Å². The van der Waals surface area contributed by atoms with E-state index in [1.54, 1.807) is 0 Å². The van der Waals surface area contributed by atoms with E-state index in [1.165, 1.54) is 32.1 Å². The summed E-state index contributed by atoms with van der Waals surface area (Å²) in [6, 6.07) is 0. The molecule has 2 saturated carbocycles. The third-order valence-corrected chi connectivity index (χ3v) is 3.26. The molecule has 0 amide bonds. The molecule has 0 aromatic rings. The summed E-state index contributed by atoms with van der Waals surface area (Å²) in [5.41, 5.74) is 0.837. The molecule has 0 saturated heterocycles. The molecule has 0 aliphatic heterocycles. The van der Waals surface area contributed by atoms with Gasteiger partial charge in [0.25, 0.3) is 0 Å². The fourth-order valence-corrected chi connectivity index (χ4v) is 2.60. The molecule has 2 aliphatic carbocycles. The van der Waals surface area contributed by atoms with Crippen molar-refractivity contribution in [2.24, 2.45) is 11.3 Å². The number of rotatable bonds is 2. The number of carbonyl (C=O) groups excluding carboxylic acids is 1. The summed E-state index contributed by atoms with van der Waals surface area (Å²) >= 11 is 4.32. The van der Waals surface area contributed by atoms with Crippen LogP contribution in [0.2, 0.25) is 0 Å². The number of hydrogen-bond donors (Lipinski definition) is 0. The van der Waals surface area contributed by atoms with Crippen LogP contribution >= 0.6 is 11.6 Å². The molecule has 0 aromatic carbocycles. The molecule has 0 atom stereocenters. The molecule has 76 valence electrons. The van der Waals surface area contributed by atoms with Gasteiger partial charge >= 0.3 is 0 Å². The van der Waals surface area contributed by atoms with Crippen molar-refractivity contribution in [3.8, 4) is 0 Å². The summed E-state index contributed by atoms with van der Waals surface area (Å²) in [7, 11) is 1.81. The van der Waals surface area contributed by atoms with E-state index < -0.39 is 0 Å². The Bertz CT molecular complexity index is 158. The van der Waals surface area contributed by atoms with Gasteiger partial charge in [-0.3, -0.25) is 4.79 Å². The maximum atomic E-state index is 8.57. The highest BCUT2D eigenvalue weighted by atomic mass is 35.5. The van der Waals surface area contributed by atoms with E-state index in [0.29, 0.717) is 0 Å². The van der Waals surface area contributed by atoms with Crippen LogP contribution in [0.1, 0.15) is 32.1 Å². The van der Waals surface area contributed by atoms with Crippen molar-refractivity contribution >= 4 is 17.3 Å². The van der Waals surface area contributed by atoms with Crippen LogP contribution in [0.5, 0.6) is 0 Å². The standard InChI is InChI=1S/C9H16O.CHClO/c1-10-7-8-5-9(6-8)3-2-4-9;2-1-3/h8H,2-7H2,1H3;1H. The van der Waals surface area contributed by atoms with Gasteiger partial charge in [-0.25, -0.2) is 0 Å². The summed E-state index contributed by atoms with van der Waals surface area (Å²) in [5.74, 6) is 1.13. The van der Waals surface area contributed by atoms with Crippen LogP contribution in [0.3, 0.4) is 0 Å². The van der Waals surface area contributed by atoms with E-state index in [9.17, 15) is 0 Å². The van der Waals surface area contributed by atoms with Crippen LogP contribution in [0.25, 0.3) is 0 Å². The highest BCUT2D eigenvalue weighted by Gasteiger charge is 2.47. The smallest absolute Gasteiger partial charge is 0.208 e. The Hall–Kier alpha value is -0.0800. The number of halogens is 1. The molecule has 0 heterocycles. The second-order valence-corrected chi connectivity index (χ2v) is 4.35. The van der Waals surface area contributed by atoms with Crippen molar-refractivity contribution in [3.63, 3.8) is 0 Å². The molecule has 3 heteroatoms. The minimum atomic E-state index is 0.222. The van der Waals surface area contributed by atoms with E-state index in [1.807, 2.05) is 7.11 Å². The summed E-state index contributed by atoms with van der Waals surface area (Å²) in [6.07, 6.45) is 7.42. The quantitative estimate of drug-likeness (QED) is 0.511. The summed E-state index contributed by atoms with van der Waals surface area (Å²) in [4.78, 5) is 8.57. The monoisotopic (exact) mass is 204 g/mol. The number of hydrogen-bond acceptors (Lipinski definition) is 2. The van der Waals surface area contributed by atoms with E-state index >= 15 is 0 Å². The third kappa shape index (κ3) is 2.68. The molecule has 2 fully saturated rings. The molecule has 2 nitrogen and oxygen atoms in total. The number of methoxy groups -OCH3 is 1.